The second-order valence-electron chi connectivity index (χ2n) is 22.2. The number of aliphatic hydroxyl groups is 6. The number of likely N-dealkylation sites (N-methyl/N-ethyl adjacent to an activating group) is 1. The summed E-state index contributed by atoms with van der Waals surface area (Å²) in [4.78, 5) is 100. The van der Waals surface area contributed by atoms with Crippen LogP contribution in [0.2, 0.25) is 0 Å². The average Bonchev–Trinajstić information content (AvgIpc) is 0.813. The summed E-state index contributed by atoms with van der Waals surface area (Å²) in [6.07, 6.45) is -18.1. The Labute approximate surface area is 507 Å². The van der Waals surface area contributed by atoms with Crippen LogP contribution in [-0.2, 0) is 62.5 Å². The Hall–Kier alpha value is -8.45. The van der Waals surface area contributed by atoms with Gasteiger partial charge in [-0.2, -0.15) is 0 Å². The molecular formula is C55H73N9O25. The zero-order chi connectivity index (χ0) is 65.3. The summed E-state index contributed by atoms with van der Waals surface area (Å²) in [6.45, 7) is 3.06. The van der Waals surface area contributed by atoms with Crippen molar-refractivity contribution in [3.05, 3.63) is 132 Å². The van der Waals surface area contributed by atoms with Gasteiger partial charge in [0, 0.05) is 56.5 Å². The van der Waals surface area contributed by atoms with Crippen LogP contribution in [0.3, 0.4) is 0 Å². The number of benzene rings is 3. The van der Waals surface area contributed by atoms with Gasteiger partial charge in [-0.15, -0.1) is 0 Å². The number of amides is 5. The van der Waals surface area contributed by atoms with Gasteiger partial charge in [-0.25, -0.2) is 19.2 Å². The molecule has 2 heterocycles. The number of hydrogen-bond acceptors (Lipinski definition) is 26. The van der Waals surface area contributed by atoms with Crippen molar-refractivity contribution in [1.82, 2.24) is 31.5 Å². The molecule has 2 fully saturated rings. The lowest BCUT2D eigenvalue weighted by Crippen LogP contribution is -2.70. The summed E-state index contributed by atoms with van der Waals surface area (Å²) in [5.74, 6) is -1.01. The van der Waals surface area contributed by atoms with E-state index in [4.69, 9.17) is 37.9 Å². The second-order valence-corrected chi connectivity index (χ2v) is 22.2. The molecule has 1 saturated carbocycles. The minimum atomic E-state index is -2.12. The highest BCUT2D eigenvalue weighted by molar-refractivity contribution is 5.81. The third-order valence-electron chi connectivity index (χ3n) is 14.0. The van der Waals surface area contributed by atoms with Crippen LogP contribution in [0.25, 0.3) is 0 Å². The lowest BCUT2D eigenvalue weighted by molar-refractivity contribution is -0.385. The number of non-ortho nitro benzene ring substituents is 3. The molecule has 34 heteroatoms. The second kappa shape index (κ2) is 31.6. The van der Waals surface area contributed by atoms with Crippen LogP contribution in [0.1, 0.15) is 63.6 Å². The number of nitrogens with zero attached hydrogens (tertiary/aromatic N) is 4. The predicted octanol–water partition coefficient (Wildman–Crippen LogP) is 1.28. The molecule has 89 heavy (non-hydrogen) atoms. The maximum atomic E-state index is 14.1. The van der Waals surface area contributed by atoms with Gasteiger partial charge in [0.1, 0.15) is 67.3 Å². The number of carbonyl (C=O) groups excluding carboxylic acids is 5. The number of alkyl carbamates (subject to hydrolysis) is 3. The number of rotatable bonds is 26. The minimum absolute atomic E-state index is 0.0908. The molecule has 6 rings (SSSR count). The van der Waals surface area contributed by atoms with Crippen LogP contribution in [0.4, 0.5) is 36.2 Å². The number of nitrogens with one attached hydrogen (secondary N) is 5. The molecule has 1 aliphatic carbocycles. The van der Waals surface area contributed by atoms with Gasteiger partial charge in [0.15, 0.2) is 6.29 Å². The van der Waals surface area contributed by atoms with Gasteiger partial charge in [-0.05, 0) is 106 Å². The maximum absolute atomic E-state index is 14.1. The quantitative estimate of drug-likeness (QED) is 0.0306. The summed E-state index contributed by atoms with van der Waals surface area (Å²) in [6, 6.07) is 9.47. The first kappa shape index (κ1) is 69.6. The molecule has 0 radical (unpaired) electrons. The fraction of sp³-hybridized carbons (Fsp3) is 0.545. The third kappa shape index (κ3) is 20.6. The number of aliphatic hydroxyl groups excluding tert-OH is 5. The standard InChI is InChI=1S/C55H73N9O25/c1-54(2,3)89-53(74)61(5)46-43(69)49(85-29-55(46,4)75)88-44-39(58-47(70)41(67)20-21-57-50(71)82-26-30-6-12-33(13-7-30)62(76)77)22-40(60-52(73)84-28-32-10-16-35(17-11-32)64(80)81)45(42(44)68)87-48-38(19-18-37(86-48)24-56-23-36(66)25-65)59-51(72)83-27-31-8-14-34(15-9-31)63(78)79/h6-18,36,38-46,48-49,56,65-69,75H,19-29H2,1-5H3,(H,57,71)(H,58,70)(H,59,72)(H,60,73)/t36?,38-,39-,40+,41+,42-,43-,44+,45-,46-,48-,49-,55+/m1/s1. The molecule has 0 spiro atoms. The summed E-state index contributed by atoms with van der Waals surface area (Å²) in [5, 5.41) is 114. The van der Waals surface area contributed by atoms with Crippen LogP contribution in [-0.4, -0.2) is 205 Å². The molecule has 34 nitrogen and oxygen atoms in total. The number of hydrogen-bond donors (Lipinski definition) is 11. The number of nitro groups is 3. The largest absolute Gasteiger partial charge is 0.466 e. The summed E-state index contributed by atoms with van der Waals surface area (Å²) < 4.78 is 46.6. The Morgan fingerprint density at radius 1 is 0.719 bits per heavy atom. The SMILES string of the molecule is CN(C(=O)OC(C)(C)C)[C@@H]1[C@@H](O)[C@@H](O[C@@H]2[C@@H](O)[C@H](O[C@H]3OC(CNCC(O)CO)=CC[C@H]3NC(=O)OCc3ccc([N+](=O)[O-])cc3)[C@@H](NC(=O)OCc3ccc([N+](=O)[O-])cc3)C[C@H]2NC(=O)[C@@H](O)CCNC(=O)OCc2ccc([N+](=O)[O-])cc2)OC[C@]1(C)O. The normalized spacial score (nSPS) is 24.8. The van der Waals surface area contributed by atoms with Gasteiger partial charge < -0.3 is 100 Å². The number of nitro benzene ring substituents is 3. The average molecular weight is 1260 g/mol. The summed E-state index contributed by atoms with van der Waals surface area (Å²) in [5.41, 5.74) is -2.63. The van der Waals surface area contributed by atoms with E-state index in [1.807, 2.05) is 0 Å². The summed E-state index contributed by atoms with van der Waals surface area (Å²) in [7, 11) is 1.24. The zero-order valence-corrected chi connectivity index (χ0v) is 48.9. The van der Waals surface area contributed by atoms with Crippen molar-refractivity contribution in [3.8, 4) is 0 Å². The Kier molecular flexibility index (Phi) is 24.8. The lowest BCUT2D eigenvalue weighted by atomic mass is 9.82. The van der Waals surface area contributed by atoms with Crippen molar-refractivity contribution < 1.29 is 107 Å². The van der Waals surface area contributed by atoms with Gasteiger partial charge in [-0.1, -0.05) is 0 Å². The van der Waals surface area contributed by atoms with Gasteiger partial charge in [0.25, 0.3) is 17.1 Å². The molecule has 488 valence electrons. The van der Waals surface area contributed by atoms with Gasteiger partial charge in [0.05, 0.1) is 64.8 Å². The Morgan fingerprint density at radius 2 is 1.19 bits per heavy atom. The molecule has 0 bridgehead atoms. The molecule has 11 N–H and O–H groups in total. The van der Waals surface area contributed by atoms with Crippen molar-refractivity contribution in [2.45, 2.75) is 151 Å². The Balaban J connectivity index is 1.31. The van der Waals surface area contributed by atoms with Gasteiger partial charge in [0.2, 0.25) is 12.2 Å². The number of ether oxygens (including phenoxy) is 8. The Morgan fingerprint density at radius 3 is 1.67 bits per heavy atom. The van der Waals surface area contributed by atoms with Gasteiger partial charge in [-0.3, -0.25) is 35.1 Å². The first-order valence-electron chi connectivity index (χ1n) is 27.8. The van der Waals surface area contributed by atoms with E-state index in [0.29, 0.717) is 16.7 Å². The molecule has 3 aromatic carbocycles. The fourth-order valence-corrected chi connectivity index (χ4v) is 9.50. The molecule has 1 unspecified atom stereocenters. The van der Waals surface area contributed by atoms with E-state index in [1.54, 1.807) is 20.8 Å². The highest BCUT2D eigenvalue weighted by atomic mass is 16.7. The molecule has 2 aliphatic heterocycles. The topological polar surface area (TPSA) is 473 Å². The minimum Gasteiger partial charge on any atom is -0.466 e. The van der Waals surface area contributed by atoms with Crippen LogP contribution in [0.15, 0.2) is 84.6 Å². The molecule has 3 aliphatic rings. The highest BCUT2D eigenvalue weighted by Crippen LogP contribution is 2.35. The van der Waals surface area contributed by atoms with Crippen LogP contribution >= 0.6 is 0 Å². The van der Waals surface area contributed by atoms with E-state index in [1.165, 1.54) is 92.8 Å². The van der Waals surface area contributed by atoms with Gasteiger partial charge >= 0.3 is 24.4 Å². The van der Waals surface area contributed by atoms with Crippen LogP contribution in [0.5, 0.6) is 0 Å². The van der Waals surface area contributed by atoms with Crippen LogP contribution < -0.4 is 26.6 Å². The lowest BCUT2D eigenvalue weighted by Gasteiger charge is -2.50. The maximum Gasteiger partial charge on any atom is 0.410 e. The third-order valence-corrected chi connectivity index (χ3v) is 14.0. The van der Waals surface area contributed by atoms with Crippen LogP contribution in [0, 0.1) is 30.3 Å². The highest BCUT2D eigenvalue weighted by Gasteiger charge is 2.55. The van der Waals surface area contributed by atoms with E-state index in [-0.39, 0.29) is 62.1 Å². The van der Waals surface area contributed by atoms with Crippen molar-refractivity contribution in [2.75, 3.05) is 39.9 Å². The van der Waals surface area contributed by atoms with E-state index in [0.717, 1.165) is 4.90 Å². The summed E-state index contributed by atoms with van der Waals surface area (Å²) >= 11 is 0. The molecule has 1 saturated heterocycles. The monoisotopic (exact) mass is 1260 g/mol. The van der Waals surface area contributed by atoms with Crippen molar-refractivity contribution >= 4 is 47.3 Å². The molecule has 5 amide bonds. The predicted molar refractivity (Wildman–Crippen MR) is 302 cm³/mol. The first-order valence-corrected chi connectivity index (χ1v) is 27.8. The van der Waals surface area contributed by atoms with E-state index >= 15 is 0 Å². The van der Waals surface area contributed by atoms with Crippen molar-refractivity contribution in [2.24, 2.45) is 0 Å². The fourth-order valence-electron chi connectivity index (χ4n) is 9.50. The molecule has 13 atom stereocenters. The molecule has 0 aromatic heterocycles. The first-order chi connectivity index (χ1) is 42.0. The molecule has 3 aromatic rings. The van der Waals surface area contributed by atoms with E-state index < -0.39 is 162 Å². The zero-order valence-electron chi connectivity index (χ0n) is 48.9. The molecular weight excluding hydrogens is 1190 g/mol. The van der Waals surface area contributed by atoms with Crippen molar-refractivity contribution in [3.63, 3.8) is 0 Å². The smallest absolute Gasteiger partial charge is 0.410 e. The van der Waals surface area contributed by atoms with E-state index in [9.17, 15) is 85.0 Å². The Bertz CT molecular complexity index is 2950. The van der Waals surface area contributed by atoms with Crippen molar-refractivity contribution in [1.29, 1.82) is 0 Å². The number of carbonyl (C=O) groups is 5. The van der Waals surface area contributed by atoms with E-state index in [2.05, 4.69) is 26.6 Å².